The molecular formula is C43H30N12O28S7. The lowest BCUT2D eigenvalue weighted by Crippen LogP contribution is -2.04. The molecule has 0 unspecified atom stereocenters. The first-order valence-electron chi connectivity index (χ1n) is 22.8. The second-order valence-electron chi connectivity index (χ2n) is 17.8. The van der Waals surface area contributed by atoms with Crippen LogP contribution in [0.2, 0.25) is 0 Å². The standard InChI is InChI=1S/C43H30N12O28S7/c1-16-10-29(86(69,70)71)26(48-52-37-38(43(59)60)53-54(42(37)58)17-2-5-19(6-3-17)84(63,64)65)14-25(16)47-50-35-31(88(75,76)77)12-21-20(39(35)56)7-9-24(41(21)90(81,82)83)46-49-27-15-28(85(66,67)68)22-13-32(89(78,79)80)36(40(57)33(22)34(27)44)51-45-23-8-4-18(55(61)62)11-30(23)87(72,73)74/h2-15,56-58H,44H2,1H3,(H,59,60)(H,63,64,65)(H,66,67,68)(H,69,70,71)(H,72,73,74)(H,75,76,77)(H,78,79,80)(H,81,82,83)/b49-46?,50-47?,51-45?,52-48+. The Kier molecular flexibility index (Phi) is 16.8. The maximum atomic E-state index is 13.2. The minimum atomic E-state index is -5.81. The van der Waals surface area contributed by atoms with Crippen LogP contribution in [0, 0.1) is 17.0 Å². The maximum Gasteiger partial charge on any atom is 0.358 e. The summed E-state index contributed by atoms with van der Waals surface area (Å²) < 4.78 is 247. The van der Waals surface area contributed by atoms with Gasteiger partial charge >= 0.3 is 5.97 Å². The second kappa shape index (κ2) is 22.9. The molecule has 0 amide bonds. The number of aryl methyl sites for hydroxylation is 1. The molecule has 0 saturated heterocycles. The van der Waals surface area contributed by atoms with Crippen LogP contribution in [0.5, 0.6) is 17.4 Å². The van der Waals surface area contributed by atoms with Gasteiger partial charge in [-0.2, -0.15) is 73.8 Å². The van der Waals surface area contributed by atoms with Crippen LogP contribution in [0.3, 0.4) is 0 Å². The molecule has 13 N–H and O–H groups in total. The van der Waals surface area contributed by atoms with Crippen molar-refractivity contribution in [2.45, 2.75) is 41.2 Å². The Balaban J connectivity index is 1.26. The summed E-state index contributed by atoms with van der Waals surface area (Å²) in [5.41, 5.74) is -5.59. The number of nitrogens with two attached hydrogens (primary N) is 1. The number of nitrogens with zero attached hydrogens (tertiary/aromatic N) is 11. The van der Waals surface area contributed by atoms with Gasteiger partial charge in [0.1, 0.15) is 63.5 Å². The first kappa shape index (κ1) is 66.1. The van der Waals surface area contributed by atoms with Crippen LogP contribution in [0.1, 0.15) is 16.1 Å². The van der Waals surface area contributed by atoms with Gasteiger partial charge in [-0.1, -0.05) is 0 Å². The smallest absolute Gasteiger partial charge is 0.358 e. The highest BCUT2D eigenvalue weighted by molar-refractivity contribution is 7.87. The van der Waals surface area contributed by atoms with Crippen LogP contribution in [0.4, 0.5) is 56.9 Å². The number of carbonyl (C=O) groups is 1. The van der Waals surface area contributed by atoms with E-state index in [1.54, 1.807) is 0 Å². The molecule has 0 bridgehead atoms. The lowest BCUT2D eigenvalue weighted by atomic mass is 10.0. The van der Waals surface area contributed by atoms with E-state index >= 15 is 0 Å². The van der Waals surface area contributed by atoms with E-state index in [0.717, 1.165) is 37.3 Å². The van der Waals surface area contributed by atoms with Crippen molar-refractivity contribution in [2.75, 3.05) is 5.73 Å². The van der Waals surface area contributed by atoms with Crippen LogP contribution in [-0.4, -0.2) is 132 Å². The van der Waals surface area contributed by atoms with Crippen molar-refractivity contribution in [3.05, 3.63) is 106 Å². The molecule has 0 spiro atoms. The van der Waals surface area contributed by atoms with Gasteiger partial charge in [0.15, 0.2) is 17.2 Å². The number of aromatic carboxylic acids is 1. The summed E-state index contributed by atoms with van der Waals surface area (Å²) >= 11 is 0. The lowest BCUT2D eigenvalue weighted by Gasteiger charge is -2.15. The van der Waals surface area contributed by atoms with E-state index in [4.69, 9.17) is 5.73 Å². The van der Waals surface area contributed by atoms with Gasteiger partial charge in [-0.25, -0.2) is 4.79 Å². The van der Waals surface area contributed by atoms with Crippen LogP contribution < -0.4 is 5.73 Å². The molecule has 0 aliphatic carbocycles. The van der Waals surface area contributed by atoms with Gasteiger partial charge in [0, 0.05) is 28.3 Å². The summed E-state index contributed by atoms with van der Waals surface area (Å²) in [6, 6.07) is 8.55. The number of carboxylic acids is 1. The summed E-state index contributed by atoms with van der Waals surface area (Å²) in [7, 11) is -38.4. The number of hydrogen-bond donors (Lipinski definition) is 12. The number of carboxylic acid groups (broad SMARTS) is 1. The molecule has 0 fully saturated rings. The molecule has 1 aromatic heterocycles. The molecular weight excluding hydrogens is 1360 g/mol. The summed E-state index contributed by atoms with van der Waals surface area (Å²) in [6.45, 7) is 1.11. The molecule has 0 radical (unpaired) electrons. The van der Waals surface area contributed by atoms with E-state index < -0.39 is 217 Å². The average Bonchev–Trinajstić information content (AvgIpc) is 0.914. The molecule has 0 aliphatic heterocycles. The van der Waals surface area contributed by atoms with E-state index in [9.17, 15) is 126 Å². The first-order chi connectivity index (χ1) is 41.3. The van der Waals surface area contributed by atoms with E-state index in [0.29, 0.717) is 41.1 Å². The minimum absolute atomic E-state index is 0.229. The van der Waals surface area contributed by atoms with Crippen molar-refractivity contribution < 1.29 is 121 Å². The zero-order valence-electron chi connectivity index (χ0n) is 43.3. The summed E-state index contributed by atoms with van der Waals surface area (Å²) in [6.07, 6.45) is 0. The van der Waals surface area contributed by atoms with E-state index in [2.05, 4.69) is 46.0 Å². The van der Waals surface area contributed by atoms with Gasteiger partial charge in [0.25, 0.3) is 76.5 Å². The highest BCUT2D eigenvalue weighted by atomic mass is 32.2. The van der Waals surface area contributed by atoms with E-state index in [1.807, 2.05) is 0 Å². The van der Waals surface area contributed by atoms with Crippen molar-refractivity contribution in [2.24, 2.45) is 40.9 Å². The number of aromatic nitrogens is 2. The zero-order chi connectivity index (χ0) is 67.1. The predicted octanol–water partition coefficient (Wildman–Crippen LogP) is 7.18. The molecule has 1 heterocycles. The van der Waals surface area contributed by atoms with Crippen molar-refractivity contribution in [1.29, 1.82) is 0 Å². The number of azo groups is 4. The summed E-state index contributed by atoms with van der Waals surface area (Å²) in [4.78, 5) is 13.3. The maximum absolute atomic E-state index is 13.2. The van der Waals surface area contributed by atoms with Crippen molar-refractivity contribution in [1.82, 2.24) is 9.78 Å². The number of nitro benzene ring substituents is 1. The normalized spacial score (nSPS) is 13.2. The minimum Gasteiger partial charge on any atom is -0.505 e. The predicted molar refractivity (Wildman–Crippen MR) is 298 cm³/mol. The Labute approximate surface area is 500 Å². The third kappa shape index (κ3) is 13.1. The van der Waals surface area contributed by atoms with Crippen molar-refractivity contribution in [3.8, 4) is 23.1 Å². The summed E-state index contributed by atoms with van der Waals surface area (Å²) in [5.74, 6) is -5.98. The van der Waals surface area contributed by atoms with Gasteiger partial charge in [0.05, 0.1) is 32.3 Å². The fourth-order valence-corrected chi connectivity index (χ4v) is 12.7. The number of benzene rings is 7. The number of phenolic OH excluding ortho intramolecular Hbond substituents is 2. The number of nitrogen functional groups attached to an aromatic ring is 1. The van der Waals surface area contributed by atoms with Crippen LogP contribution >= 0.6 is 0 Å². The molecule has 0 aliphatic rings. The van der Waals surface area contributed by atoms with Crippen LogP contribution in [0.15, 0.2) is 160 Å². The monoisotopic (exact) mass is 1390 g/mol. The zero-order valence-corrected chi connectivity index (χ0v) is 49.0. The van der Waals surface area contributed by atoms with Crippen LogP contribution in [-0.2, 0) is 70.8 Å². The number of nitro groups is 1. The molecule has 40 nitrogen and oxygen atoms in total. The number of rotatable bonds is 18. The number of fused-ring (bicyclic) bond motifs is 2. The molecule has 8 aromatic rings. The van der Waals surface area contributed by atoms with E-state index in [1.165, 1.54) is 0 Å². The highest BCUT2D eigenvalue weighted by Gasteiger charge is 2.32. The number of aromatic hydroxyl groups is 3. The van der Waals surface area contributed by atoms with Crippen LogP contribution in [0.25, 0.3) is 27.2 Å². The number of non-ortho nitro benzene ring substituents is 1. The Hall–Kier alpha value is -9.89. The number of phenols is 2. The third-order valence-electron chi connectivity index (χ3n) is 12.0. The number of hydrogen-bond acceptors (Lipinski definition) is 30. The molecule has 7 aromatic carbocycles. The van der Waals surface area contributed by atoms with Crippen molar-refractivity contribution >= 4 is 155 Å². The second-order valence-corrected chi connectivity index (χ2v) is 27.5. The Morgan fingerprint density at radius 2 is 0.967 bits per heavy atom. The third-order valence-corrected chi connectivity index (χ3v) is 18.2. The SMILES string of the molecule is Cc1cc(S(=O)(=O)O)c(/N=N/c2c(C(=O)O)nn(-c3ccc(S(=O)(=O)O)cc3)c2O)cc1N=Nc1c(S(=O)(=O)O)cc2c(S(=O)(=O)O)c(N=Nc3cc(S(=O)(=O)O)c4cc(S(=O)(=O)O)c(N=Nc5ccc([N+](=O)[O-])cc5S(=O)(=O)O)c(O)c4c3N)ccc2c1O. The molecule has 8 rings (SSSR count). The van der Waals surface area contributed by atoms with E-state index in [-0.39, 0.29) is 29.4 Å². The highest BCUT2D eigenvalue weighted by Crippen LogP contribution is 2.50. The molecule has 90 heavy (non-hydrogen) atoms. The fourth-order valence-electron chi connectivity index (χ4n) is 8.08. The summed E-state index contributed by atoms with van der Waals surface area (Å²) in [5, 5.41) is 83.5. The Bertz CT molecular complexity index is 5510. The topological polar surface area (TPSA) is 664 Å². The first-order valence-corrected chi connectivity index (χ1v) is 32.9. The van der Waals surface area contributed by atoms with Gasteiger partial charge in [-0.3, -0.25) is 42.0 Å². The van der Waals surface area contributed by atoms with Gasteiger partial charge in [-0.05, 0) is 85.3 Å². The van der Waals surface area contributed by atoms with Gasteiger partial charge in [-0.15, -0.1) is 35.8 Å². The van der Waals surface area contributed by atoms with Crippen molar-refractivity contribution in [3.63, 3.8) is 0 Å². The molecule has 472 valence electrons. The lowest BCUT2D eigenvalue weighted by molar-refractivity contribution is -0.385. The fraction of sp³-hybridized carbons (Fsp3) is 0.0233. The van der Waals surface area contributed by atoms with Gasteiger partial charge < -0.3 is 26.2 Å². The average molecular weight is 1390 g/mol. The molecule has 0 atom stereocenters. The Morgan fingerprint density at radius 1 is 0.489 bits per heavy atom. The van der Waals surface area contributed by atoms with Gasteiger partial charge in [0.2, 0.25) is 11.6 Å². The number of anilines is 1. The largest absolute Gasteiger partial charge is 0.505 e. The quantitative estimate of drug-likeness (QED) is 0.0133. The molecule has 0 saturated carbocycles. The Morgan fingerprint density at radius 3 is 1.49 bits per heavy atom. The molecule has 47 heteroatoms.